The van der Waals surface area contributed by atoms with Crippen LogP contribution in [0.5, 0.6) is 5.75 Å². The molecule has 1 amide bonds. The highest BCUT2D eigenvalue weighted by atomic mass is 16.5. The van der Waals surface area contributed by atoms with Gasteiger partial charge in [0.1, 0.15) is 5.75 Å². The Morgan fingerprint density at radius 3 is 2.64 bits per heavy atom. The highest BCUT2D eigenvalue weighted by molar-refractivity contribution is 5.79. The molecule has 5 nitrogen and oxygen atoms in total. The van der Waals surface area contributed by atoms with Gasteiger partial charge in [-0.15, -0.1) is 0 Å². The number of rotatable bonds is 5. The lowest BCUT2D eigenvalue weighted by molar-refractivity contribution is -0.121. The molecule has 118 valence electrons. The molecule has 0 aliphatic heterocycles. The van der Waals surface area contributed by atoms with E-state index < -0.39 is 0 Å². The Morgan fingerprint density at radius 1 is 1.36 bits per heavy atom. The Morgan fingerprint density at radius 2 is 2.05 bits per heavy atom. The van der Waals surface area contributed by atoms with Crippen LogP contribution in [0.1, 0.15) is 35.5 Å². The normalized spacial score (nSPS) is 12.0. The smallest absolute Gasteiger partial charge is 0.225 e. The van der Waals surface area contributed by atoms with Crippen molar-refractivity contribution < 1.29 is 9.53 Å². The van der Waals surface area contributed by atoms with Crippen LogP contribution in [-0.2, 0) is 18.3 Å². The molecule has 0 bridgehead atoms. The molecule has 0 saturated carbocycles. The van der Waals surface area contributed by atoms with E-state index in [2.05, 4.69) is 10.4 Å². The van der Waals surface area contributed by atoms with E-state index in [1.54, 1.807) is 7.11 Å². The van der Waals surface area contributed by atoms with Crippen LogP contribution in [-0.4, -0.2) is 22.8 Å². The Balaban J connectivity index is 2.08. The highest BCUT2D eigenvalue weighted by Crippen LogP contribution is 2.24. The highest BCUT2D eigenvalue weighted by Gasteiger charge is 2.17. The lowest BCUT2D eigenvalue weighted by Crippen LogP contribution is -2.28. The van der Waals surface area contributed by atoms with Gasteiger partial charge in [-0.25, -0.2) is 0 Å². The van der Waals surface area contributed by atoms with Gasteiger partial charge >= 0.3 is 0 Å². The van der Waals surface area contributed by atoms with Gasteiger partial charge in [0, 0.05) is 23.9 Å². The minimum atomic E-state index is -0.110. The van der Waals surface area contributed by atoms with Crippen LogP contribution in [0.3, 0.4) is 0 Å². The number of para-hydroxylation sites is 1. The fraction of sp³-hybridized carbons (Fsp3) is 0.412. The summed E-state index contributed by atoms with van der Waals surface area (Å²) in [6.07, 6.45) is 0.338. The Bertz CT molecular complexity index is 677. The average molecular weight is 301 g/mol. The van der Waals surface area contributed by atoms with Gasteiger partial charge in [-0.3, -0.25) is 9.48 Å². The zero-order valence-corrected chi connectivity index (χ0v) is 13.8. The zero-order valence-electron chi connectivity index (χ0n) is 13.8. The minimum Gasteiger partial charge on any atom is -0.496 e. The summed E-state index contributed by atoms with van der Waals surface area (Å²) in [6.45, 7) is 5.87. The van der Waals surface area contributed by atoms with Crippen LogP contribution < -0.4 is 10.1 Å². The monoisotopic (exact) mass is 301 g/mol. The number of hydrogen-bond acceptors (Lipinski definition) is 3. The van der Waals surface area contributed by atoms with Gasteiger partial charge in [0.25, 0.3) is 0 Å². The molecule has 0 aliphatic rings. The molecule has 5 heteroatoms. The van der Waals surface area contributed by atoms with Crippen LogP contribution >= 0.6 is 0 Å². The summed E-state index contributed by atoms with van der Waals surface area (Å²) in [6, 6.07) is 7.60. The second kappa shape index (κ2) is 6.64. The lowest BCUT2D eigenvalue weighted by atomic mass is 10.1. The number of aromatic nitrogens is 2. The number of methoxy groups -OCH3 is 1. The Kier molecular flexibility index (Phi) is 4.85. The maximum Gasteiger partial charge on any atom is 0.225 e. The van der Waals surface area contributed by atoms with E-state index in [4.69, 9.17) is 4.74 Å². The summed E-state index contributed by atoms with van der Waals surface area (Å²) in [4.78, 5) is 12.3. The van der Waals surface area contributed by atoms with E-state index in [0.717, 1.165) is 28.3 Å². The third-order valence-electron chi connectivity index (χ3n) is 3.98. The average Bonchev–Trinajstić information content (AvgIpc) is 2.73. The van der Waals surface area contributed by atoms with Crippen molar-refractivity contribution in [2.75, 3.05) is 7.11 Å². The Hall–Kier alpha value is -2.30. The number of benzene rings is 1. The van der Waals surface area contributed by atoms with Crippen molar-refractivity contribution in [2.24, 2.45) is 7.05 Å². The largest absolute Gasteiger partial charge is 0.496 e. The summed E-state index contributed by atoms with van der Waals surface area (Å²) in [5.41, 5.74) is 3.89. The first-order valence-corrected chi connectivity index (χ1v) is 7.35. The van der Waals surface area contributed by atoms with Crippen molar-refractivity contribution in [2.45, 2.75) is 33.2 Å². The van der Waals surface area contributed by atoms with E-state index in [1.807, 2.05) is 56.8 Å². The molecule has 2 aromatic rings. The maximum absolute atomic E-state index is 12.3. The predicted molar refractivity (Wildman–Crippen MR) is 85.9 cm³/mol. The molecule has 22 heavy (non-hydrogen) atoms. The van der Waals surface area contributed by atoms with Crippen molar-refractivity contribution in [1.29, 1.82) is 0 Å². The molecule has 1 N–H and O–H groups in total. The number of nitrogens with one attached hydrogen (secondary N) is 1. The van der Waals surface area contributed by atoms with Gasteiger partial charge in [0.2, 0.25) is 5.91 Å². The van der Waals surface area contributed by atoms with Crippen LogP contribution in [0.15, 0.2) is 24.3 Å². The predicted octanol–water partition coefficient (Wildman–Crippen LogP) is 2.47. The minimum absolute atomic E-state index is 0.0161. The van der Waals surface area contributed by atoms with E-state index >= 15 is 0 Å². The molecule has 1 heterocycles. The summed E-state index contributed by atoms with van der Waals surface area (Å²) in [5, 5.41) is 7.37. The molecular weight excluding hydrogens is 278 g/mol. The van der Waals surface area contributed by atoms with E-state index in [0.29, 0.717) is 6.42 Å². The molecule has 0 spiro atoms. The van der Waals surface area contributed by atoms with E-state index in [9.17, 15) is 4.79 Å². The van der Waals surface area contributed by atoms with Crippen LogP contribution in [0.2, 0.25) is 0 Å². The number of carbonyl (C=O) groups is 1. The van der Waals surface area contributed by atoms with Crippen molar-refractivity contribution in [3.05, 3.63) is 46.8 Å². The van der Waals surface area contributed by atoms with Crippen LogP contribution in [0.25, 0.3) is 0 Å². The van der Waals surface area contributed by atoms with Crippen LogP contribution in [0.4, 0.5) is 0 Å². The maximum atomic E-state index is 12.3. The molecule has 0 fully saturated rings. The van der Waals surface area contributed by atoms with Crippen molar-refractivity contribution in [3.63, 3.8) is 0 Å². The third-order valence-corrected chi connectivity index (χ3v) is 3.98. The first-order valence-electron chi connectivity index (χ1n) is 7.35. The van der Waals surface area contributed by atoms with Gasteiger partial charge in [0.05, 0.1) is 25.3 Å². The van der Waals surface area contributed by atoms with E-state index in [-0.39, 0.29) is 11.9 Å². The number of amides is 1. The van der Waals surface area contributed by atoms with Gasteiger partial charge in [-0.1, -0.05) is 18.2 Å². The first kappa shape index (κ1) is 16.1. The quantitative estimate of drug-likeness (QED) is 0.923. The first-order chi connectivity index (χ1) is 10.4. The summed E-state index contributed by atoms with van der Waals surface area (Å²) < 4.78 is 7.15. The molecule has 1 atom stereocenters. The number of nitrogens with zero attached hydrogens (tertiary/aromatic N) is 2. The molecular formula is C17H23N3O2. The number of hydrogen-bond donors (Lipinski definition) is 1. The standard InChI is InChI=1S/C17H23N3O2/c1-11(14-8-6-7-9-16(14)22-5)18-17(21)10-15-12(2)19-20(4)13(15)3/h6-9,11H,10H2,1-5H3,(H,18,21)/t11-/m1/s1. The number of carbonyl (C=O) groups excluding carboxylic acids is 1. The summed E-state index contributed by atoms with van der Waals surface area (Å²) >= 11 is 0. The van der Waals surface area contributed by atoms with Crippen molar-refractivity contribution in [3.8, 4) is 5.75 Å². The lowest BCUT2D eigenvalue weighted by Gasteiger charge is -2.17. The molecule has 1 aromatic carbocycles. The molecule has 0 aliphatic carbocycles. The second-order valence-electron chi connectivity index (χ2n) is 5.48. The zero-order chi connectivity index (χ0) is 16.3. The van der Waals surface area contributed by atoms with Gasteiger partial charge in [-0.2, -0.15) is 5.10 Å². The number of aryl methyl sites for hydroxylation is 2. The van der Waals surface area contributed by atoms with Crippen molar-refractivity contribution >= 4 is 5.91 Å². The Labute approximate surface area is 131 Å². The SMILES string of the molecule is COc1ccccc1[C@@H](C)NC(=O)Cc1c(C)nn(C)c1C. The van der Waals surface area contributed by atoms with E-state index in [1.165, 1.54) is 0 Å². The fourth-order valence-corrected chi connectivity index (χ4v) is 2.63. The van der Waals surface area contributed by atoms with Crippen molar-refractivity contribution in [1.82, 2.24) is 15.1 Å². The molecule has 1 aromatic heterocycles. The summed E-state index contributed by atoms with van der Waals surface area (Å²) in [5.74, 6) is 0.765. The topological polar surface area (TPSA) is 56.1 Å². The third kappa shape index (κ3) is 3.30. The molecule has 0 saturated heterocycles. The number of ether oxygens (including phenoxy) is 1. The van der Waals surface area contributed by atoms with Gasteiger partial charge < -0.3 is 10.1 Å². The van der Waals surface area contributed by atoms with Gasteiger partial charge in [-0.05, 0) is 26.8 Å². The van der Waals surface area contributed by atoms with Crippen LogP contribution in [0, 0.1) is 13.8 Å². The molecule has 0 radical (unpaired) electrons. The fourth-order valence-electron chi connectivity index (χ4n) is 2.63. The molecule has 2 rings (SSSR count). The summed E-state index contributed by atoms with van der Waals surface area (Å²) in [7, 11) is 3.52. The van der Waals surface area contributed by atoms with Gasteiger partial charge in [0.15, 0.2) is 0 Å². The second-order valence-corrected chi connectivity index (χ2v) is 5.48. The molecule has 0 unspecified atom stereocenters.